The van der Waals surface area contributed by atoms with E-state index in [0.29, 0.717) is 5.69 Å². The quantitative estimate of drug-likeness (QED) is 0.828. The topological polar surface area (TPSA) is 38.3 Å². The molecule has 0 fully saturated rings. The molecule has 0 unspecified atom stereocenters. The van der Waals surface area contributed by atoms with E-state index < -0.39 is 6.09 Å². The van der Waals surface area contributed by atoms with Crippen molar-refractivity contribution in [2.24, 2.45) is 0 Å². The third kappa shape index (κ3) is 3.32. The fourth-order valence-corrected chi connectivity index (χ4v) is 2.50. The van der Waals surface area contributed by atoms with Crippen molar-refractivity contribution in [1.82, 2.24) is 0 Å². The molecule has 1 N–H and O–H groups in total. The van der Waals surface area contributed by atoms with Crippen LogP contribution in [0.5, 0.6) is 0 Å². The zero-order chi connectivity index (χ0) is 10.4. The van der Waals surface area contributed by atoms with Crippen molar-refractivity contribution in [1.29, 1.82) is 0 Å². The molecule has 0 spiro atoms. The van der Waals surface area contributed by atoms with Gasteiger partial charge in [0, 0.05) is 14.9 Å². The molecule has 1 amide bonds. The first-order chi connectivity index (χ1) is 6.77. The Kier molecular flexibility index (Phi) is 5.00. The van der Waals surface area contributed by atoms with E-state index in [1.54, 1.807) is 6.07 Å². The molecule has 0 bridgehead atoms. The third-order valence-corrected chi connectivity index (χ3v) is 3.32. The molecule has 0 aliphatic carbocycles. The molecule has 0 radical (unpaired) electrons. The minimum atomic E-state index is -0.488. The van der Waals surface area contributed by atoms with Crippen LogP contribution in [0.25, 0.3) is 0 Å². The second-order valence-electron chi connectivity index (χ2n) is 2.26. The van der Waals surface area contributed by atoms with E-state index in [0.717, 1.165) is 14.9 Å². The Balaban J connectivity index is 2.78. The van der Waals surface area contributed by atoms with Crippen LogP contribution in [0.2, 0.25) is 0 Å². The second-order valence-corrected chi connectivity index (χ2v) is 5.00. The highest BCUT2D eigenvalue weighted by molar-refractivity contribution is 8.85. The summed E-state index contributed by atoms with van der Waals surface area (Å²) in [5.41, 5.74) is 0.692. The zero-order valence-electron chi connectivity index (χ0n) is 7.32. The molecule has 76 valence electrons. The van der Waals surface area contributed by atoms with Crippen LogP contribution in [0.4, 0.5) is 10.5 Å². The van der Waals surface area contributed by atoms with Gasteiger partial charge in [-0.3, -0.25) is 5.32 Å². The van der Waals surface area contributed by atoms with Crippen LogP contribution in [0.1, 0.15) is 0 Å². The first kappa shape index (κ1) is 11.6. The monoisotopic (exact) mass is 249 g/mol. The van der Waals surface area contributed by atoms with E-state index in [1.165, 1.54) is 17.9 Å². The zero-order valence-corrected chi connectivity index (χ0v) is 9.71. The number of hydrogen-bond donors (Lipinski definition) is 1. The van der Waals surface area contributed by atoms with Gasteiger partial charge in [0.1, 0.15) is 0 Å². The fraction of sp³-hybridized carbons (Fsp3) is 0.125. The lowest BCUT2D eigenvalue weighted by molar-refractivity contribution is 0.187. The largest absolute Gasteiger partial charge is 0.453 e. The van der Waals surface area contributed by atoms with Crippen molar-refractivity contribution in [2.75, 3.05) is 12.4 Å². The number of anilines is 1. The predicted molar refractivity (Wildman–Crippen MR) is 61.8 cm³/mol. The normalized spacial score (nSPS) is 9.57. The van der Waals surface area contributed by atoms with E-state index in [2.05, 4.69) is 10.1 Å². The SMILES string of the molecule is COC(=O)Nc1ccccc1SSCl. The molecule has 0 aliphatic rings. The molecule has 6 heteroatoms. The van der Waals surface area contributed by atoms with E-state index in [4.69, 9.17) is 10.7 Å². The highest BCUT2D eigenvalue weighted by atomic mass is 35.7. The lowest BCUT2D eigenvalue weighted by Crippen LogP contribution is -2.11. The molecular weight excluding hydrogens is 242 g/mol. The molecule has 0 saturated heterocycles. The highest BCUT2D eigenvalue weighted by Gasteiger charge is 2.05. The van der Waals surface area contributed by atoms with Gasteiger partial charge in [-0.15, -0.1) is 0 Å². The molecule has 1 aromatic carbocycles. The lowest BCUT2D eigenvalue weighted by Gasteiger charge is -2.07. The van der Waals surface area contributed by atoms with Crippen LogP contribution in [-0.4, -0.2) is 13.2 Å². The van der Waals surface area contributed by atoms with Gasteiger partial charge in [-0.25, -0.2) is 4.79 Å². The van der Waals surface area contributed by atoms with Gasteiger partial charge in [-0.05, 0) is 33.6 Å². The number of hydrogen-bond acceptors (Lipinski definition) is 4. The predicted octanol–water partition coefficient (Wildman–Crippen LogP) is 3.76. The summed E-state index contributed by atoms with van der Waals surface area (Å²) in [7, 11) is 9.30. The standard InChI is InChI=1S/C8H8ClNO2S2/c1-12-8(11)10-6-4-2-3-5-7(6)13-14-9/h2-5H,1H3,(H,10,11). The lowest BCUT2D eigenvalue weighted by atomic mass is 10.3. The average Bonchev–Trinajstić information content (AvgIpc) is 2.21. The summed E-state index contributed by atoms with van der Waals surface area (Å²) in [5, 5.41) is 2.59. The number of nitrogens with one attached hydrogen (secondary N) is 1. The number of para-hydroxylation sites is 1. The molecule has 14 heavy (non-hydrogen) atoms. The number of carbonyl (C=O) groups excluding carboxylic acids is 1. The van der Waals surface area contributed by atoms with Gasteiger partial charge >= 0.3 is 6.09 Å². The summed E-state index contributed by atoms with van der Waals surface area (Å²) in [4.78, 5) is 11.8. The fourth-order valence-electron chi connectivity index (χ4n) is 0.837. The molecule has 0 aromatic heterocycles. The second kappa shape index (κ2) is 6.06. The minimum Gasteiger partial charge on any atom is -0.453 e. The molecule has 1 rings (SSSR count). The summed E-state index contributed by atoms with van der Waals surface area (Å²) < 4.78 is 4.49. The molecule has 3 nitrogen and oxygen atoms in total. The van der Waals surface area contributed by atoms with Gasteiger partial charge < -0.3 is 4.74 Å². The Morgan fingerprint density at radius 2 is 2.21 bits per heavy atom. The van der Waals surface area contributed by atoms with E-state index in [1.807, 2.05) is 18.2 Å². The number of amides is 1. The molecule has 0 atom stereocenters. The van der Waals surface area contributed by atoms with Gasteiger partial charge in [0.05, 0.1) is 12.8 Å². The van der Waals surface area contributed by atoms with Crippen molar-refractivity contribution >= 4 is 43.3 Å². The number of benzene rings is 1. The van der Waals surface area contributed by atoms with E-state index in [9.17, 15) is 4.79 Å². The maximum absolute atomic E-state index is 11.0. The molecular formula is C8H8ClNO2S2. The van der Waals surface area contributed by atoms with Crippen molar-refractivity contribution in [3.63, 3.8) is 0 Å². The first-order valence-corrected chi connectivity index (χ1v) is 6.64. The number of carbonyl (C=O) groups is 1. The first-order valence-electron chi connectivity index (χ1n) is 3.67. The van der Waals surface area contributed by atoms with Crippen LogP contribution < -0.4 is 5.32 Å². The Morgan fingerprint density at radius 3 is 2.86 bits per heavy atom. The number of halogens is 1. The number of methoxy groups -OCH3 is 1. The summed E-state index contributed by atoms with van der Waals surface area (Å²) in [5.74, 6) is 0. The Hall–Kier alpha value is -0.520. The number of rotatable bonds is 3. The third-order valence-electron chi connectivity index (χ3n) is 1.43. The smallest absolute Gasteiger partial charge is 0.411 e. The summed E-state index contributed by atoms with van der Waals surface area (Å²) >= 11 is 0. The molecule has 0 saturated carbocycles. The van der Waals surface area contributed by atoms with Crippen LogP contribution in [0.15, 0.2) is 29.2 Å². The maximum Gasteiger partial charge on any atom is 0.411 e. The van der Waals surface area contributed by atoms with E-state index >= 15 is 0 Å². The van der Waals surface area contributed by atoms with Crippen LogP contribution in [0.3, 0.4) is 0 Å². The average molecular weight is 250 g/mol. The Morgan fingerprint density at radius 1 is 1.50 bits per heavy atom. The highest BCUT2D eigenvalue weighted by Crippen LogP contribution is 2.38. The minimum absolute atomic E-state index is 0.488. The van der Waals surface area contributed by atoms with Crippen LogP contribution in [0, 0.1) is 0 Å². The van der Waals surface area contributed by atoms with Crippen molar-refractivity contribution in [3.05, 3.63) is 24.3 Å². The Labute approximate surface area is 94.4 Å². The molecule has 0 aliphatic heterocycles. The van der Waals surface area contributed by atoms with Gasteiger partial charge in [0.15, 0.2) is 0 Å². The van der Waals surface area contributed by atoms with Crippen LogP contribution in [-0.2, 0) is 4.74 Å². The molecule has 0 heterocycles. The maximum atomic E-state index is 11.0. The Bertz CT molecular complexity index is 322. The van der Waals surface area contributed by atoms with Crippen molar-refractivity contribution in [3.8, 4) is 0 Å². The van der Waals surface area contributed by atoms with Gasteiger partial charge in [0.25, 0.3) is 0 Å². The van der Waals surface area contributed by atoms with Gasteiger partial charge in [0.2, 0.25) is 0 Å². The van der Waals surface area contributed by atoms with E-state index in [-0.39, 0.29) is 0 Å². The summed E-state index contributed by atoms with van der Waals surface area (Å²) in [6.07, 6.45) is -0.488. The van der Waals surface area contributed by atoms with Crippen LogP contribution >= 0.6 is 31.5 Å². The number of ether oxygens (including phenoxy) is 1. The van der Waals surface area contributed by atoms with Gasteiger partial charge in [-0.1, -0.05) is 12.1 Å². The van der Waals surface area contributed by atoms with Crippen molar-refractivity contribution in [2.45, 2.75) is 4.90 Å². The summed E-state index contributed by atoms with van der Waals surface area (Å²) in [6, 6.07) is 7.35. The van der Waals surface area contributed by atoms with Gasteiger partial charge in [-0.2, -0.15) is 0 Å². The molecule has 1 aromatic rings. The summed E-state index contributed by atoms with van der Waals surface area (Å²) in [6.45, 7) is 0. The van der Waals surface area contributed by atoms with Crippen molar-refractivity contribution < 1.29 is 9.53 Å².